The second-order valence-corrected chi connectivity index (χ2v) is 21.2. The van der Waals surface area contributed by atoms with E-state index in [4.69, 9.17) is 9.97 Å². The molecule has 286 valence electrons. The van der Waals surface area contributed by atoms with E-state index >= 15 is 0 Å². The van der Waals surface area contributed by atoms with Crippen LogP contribution in [0.2, 0.25) is 13.1 Å². The molecule has 12 aromatic rings. The van der Waals surface area contributed by atoms with Gasteiger partial charge >= 0.3 is 0 Å². The predicted octanol–water partition coefficient (Wildman–Crippen LogP) is 13.1. The first kappa shape index (κ1) is 34.3. The van der Waals surface area contributed by atoms with Gasteiger partial charge in [-0.2, -0.15) is 0 Å². The number of hydrogen-bond acceptors (Lipinski definition) is 2. The summed E-state index contributed by atoms with van der Waals surface area (Å²) in [5.41, 5.74) is 12.7. The third kappa shape index (κ3) is 4.81. The summed E-state index contributed by atoms with van der Waals surface area (Å²) in [5.74, 6) is 0.716. The van der Waals surface area contributed by atoms with Gasteiger partial charge in [0.2, 0.25) is 5.95 Å². The molecular weight excluding hydrogens is 757 g/mol. The van der Waals surface area contributed by atoms with E-state index < -0.39 is 8.07 Å². The van der Waals surface area contributed by atoms with Gasteiger partial charge in [0.15, 0.2) is 0 Å². The maximum atomic E-state index is 5.75. The molecule has 9 aromatic carbocycles. The van der Waals surface area contributed by atoms with Crippen LogP contribution < -0.4 is 10.5 Å². The number of benzene rings is 9. The molecule has 5 heteroatoms. The molecule has 0 spiro atoms. The summed E-state index contributed by atoms with van der Waals surface area (Å²) in [6, 6.07) is 70.6. The lowest BCUT2D eigenvalue weighted by Crippen LogP contribution is -2.51. The van der Waals surface area contributed by atoms with Crippen molar-refractivity contribution in [3.05, 3.63) is 194 Å². The lowest BCUT2D eigenvalue weighted by Gasteiger charge is -2.21. The molecule has 3 aromatic heterocycles. The van der Waals surface area contributed by atoms with Crippen molar-refractivity contribution in [2.24, 2.45) is 0 Å². The average molecular weight is 795 g/mol. The summed E-state index contributed by atoms with van der Waals surface area (Å²) in [4.78, 5) is 11.4. The molecule has 0 saturated carbocycles. The van der Waals surface area contributed by atoms with E-state index in [9.17, 15) is 0 Å². The Hall–Kier alpha value is -7.60. The van der Waals surface area contributed by atoms with E-state index in [0.717, 1.165) is 28.0 Å². The van der Waals surface area contributed by atoms with E-state index in [1.807, 2.05) is 0 Å². The van der Waals surface area contributed by atoms with Crippen molar-refractivity contribution in [3.63, 3.8) is 0 Å². The molecule has 0 aliphatic carbocycles. The minimum absolute atomic E-state index is 0.716. The lowest BCUT2D eigenvalue weighted by molar-refractivity contribution is 1.01. The van der Waals surface area contributed by atoms with Crippen LogP contribution in [0, 0.1) is 0 Å². The fourth-order valence-electron chi connectivity index (χ4n) is 10.6. The number of para-hydroxylation sites is 3. The minimum atomic E-state index is -2.39. The topological polar surface area (TPSA) is 35.6 Å². The normalized spacial score (nSPS) is 13.2. The Labute approximate surface area is 353 Å². The van der Waals surface area contributed by atoms with Gasteiger partial charge in [0, 0.05) is 43.7 Å². The van der Waals surface area contributed by atoms with Crippen LogP contribution in [0.4, 0.5) is 0 Å². The van der Waals surface area contributed by atoms with Crippen molar-refractivity contribution in [1.29, 1.82) is 0 Å². The van der Waals surface area contributed by atoms with Gasteiger partial charge in [0.05, 0.1) is 27.8 Å². The largest absolute Gasteiger partial charge is 0.309 e. The van der Waals surface area contributed by atoms with E-state index in [0.29, 0.717) is 5.95 Å². The molecule has 0 bridgehead atoms. The fourth-order valence-corrected chi connectivity index (χ4v) is 13.8. The fraction of sp³-hybridized carbons (Fsp3) is 0.0357. The first-order valence-corrected chi connectivity index (χ1v) is 24.1. The van der Waals surface area contributed by atoms with E-state index in [1.165, 1.54) is 86.9 Å². The Morgan fingerprint density at radius 2 is 0.836 bits per heavy atom. The van der Waals surface area contributed by atoms with Gasteiger partial charge in [-0.3, -0.25) is 4.57 Å². The molecule has 0 atom stereocenters. The number of aromatic nitrogens is 4. The molecule has 0 unspecified atom stereocenters. The molecule has 4 heterocycles. The molecule has 13 rings (SSSR count). The van der Waals surface area contributed by atoms with Gasteiger partial charge in [0.25, 0.3) is 0 Å². The summed E-state index contributed by atoms with van der Waals surface area (Å²) < 4.78 is 4.68. The number of nitrogens with zero attached hydrogens (tertiary/aromatic N) is 4. The molecule has 0 saturated heterocycles. The Kier molecular flexibility index (Phi) is 7.14. The summed E-state index contributed by atoms with van der Waals surface area (Å²) in [5, 5.41) is 12.7. The number of fused-ring (bicyclic) bond motifs is 14. The molecule has 4 nitrogen and oxygen atoms in total. The minimum Gasteiger partial charge on any atom is -0.309 e. The van der Waals surface area contributed by atoms with Crippen LogP contribution >= 0.6 is 0 Å². The predicted molar refractivity (Wildman–Crippen MR) is 259 cm³/mol. The maximum absolute atomic E-state index is 5.75. The molecule has 0 N–H and O–H groups in total. The van der Waals surface area contributed by atoms with Gasteiger partial charge in [-0.15, -0.1) is 0 Å². The summed E-state index contributed by atoms with van der Waals surface area (Å²) >= 11 is 0. The monoisotopic (exact) mass is 794 g/mol. The Bertz CT molecular complexity index is 3790. The third-order valence-electron chi connectivity index (χ3n) is 13.2. The van der Waals surface area contributed by atoms with Crippen LogP contribution in [0.15, 0.2) is 194 Å². The molecule has 0 fully saturated rings. The Balaban J connectivity index is 1.05. The Morgan fingerprint density at radius 1 is 0.361 bits per heavy atom. The molecule has 0 amide bonds. The zero-order valence-electron chi connectivity index (χ0n) is 33.8. The zero-order chi connectivity index (χ0) is 40.4. The summed E-state index contributed by atoms with van der Waals surface area (Å²) in [6.45, 7) is 4.97. The number of hydrogen-bond donors (Lipinski definition) is 0. The van der Waals surface area contributed by atoms with Crippen LogP contribution in [0.3, 0.4) is 0 Å². The lowest BCUT2D eigenvalue weighted by atomic mass is 9.92. The van der Waals surface area contributed by atoms with Gasteiger partial charge < -0.3 is 4.57 Å². The summed E-state index contributed by atoms with van der Waals surface area (Å²) in [6.07, 6.45) is 0. The molecule has 1 aliphatic heterocycles. The standard InChI is InChI=1S/C56H38N4Si/c1-61(2)54-44-26-12-10-22-40(44)39-21-9-11-25-43(39)51(54)52-53(35-17-5-3-6-18-35)57-56(58-55(52)61)60-48-28-16-14-24-42(48)46-34-37(30-32-50(46)60)36-29-31-49-45(33-36)41-23-13-15-27-47(41)59(49)38-19-7-4-8-20-38/h3-34H,1-2H3. The van der Waals surface area contributed by atoms with Crippen molar-refractivity contribution in [3.8, 4) is 45.1 Å². The van der Waals surface area contributed by atoms with Crippen molar-refractivity contribution in [2.75, 3.05) is 0 Å². The maximum Gasteiger partial charge on any atom is 0.235 e. The van der Waals surface area contributed by atoms with Gasteiger partial charge in [-0.05, 0) is 92.0 Å². The SMILES string of the molecule is C[Si]1(C)c2nc(-n3c4ccccc4c4cc(-c5ccc6c(c5)c5ccccc5n6-c5ccccc5)ccc43)nc(-c3ccccc3)c2-c2c1c1ccccc1c1ccccc21. The van der Waals surface area contributed by atoms with E-state index in [1.54, 1.807) is 0 Å². The van der Waals surface area contributed by atoms with Crippen molar-refractivity contribution in [2.45, 2.75) is 13.1 Å². The van der Waals surface area contributed by atoms with Crippen molar-refractivity contribution >= 4 is 83.7 Å². The first-order chi connectivity index (χ1) is 30.0. The molecular formula is C56H38N4Si. The van der Waals surface area contributed by atoms with Crippen LogP contribution in [-0.2, 0) is 0 Å². The second kappa shape index (κ2) is 12.7. The molecule has 0 radical (unpaired) electrons. The molecule has 1 aliphatic rings. The summed E-state index contributed by atoms with van der Waals surface area (Å²) in [7, 11) is -2.39. The highest BCUT2D eigenvalue weighted by atomic mass is 28.3. The van der Waals surface area contributed by atoms with E-state index in [-0.39, 0.29) is 0 Å². The Morgan fingerprint density at radius 3 is 1.48 bits per heavy atom. The van der Waals surface area contributed by atoms with Crippen LogP contribution in [0.25, 0.3) is 110 Å². The third-order valence-corrected chi connectivity index (χ3v) is 16.6. The molecule has 61 heavy (non-hydrogen) atoms. The van der Waals surface area contributed by atoms with Gasteiger partial charge in [-0.1, -0.05) is 159 Å². The van der Waals surface area contributed by atoms with Gasteiger partial charge in [-0.25, -0.2) is 9.97 Å². The highest BCUT2D eigenvalue weighted by molar-refractivity contribution is 7.05. The second-order valence-electron chi connectivity index (χ2n) is 16.9. The highest BCUT2D eigenvalue weighted by Gasteiger charge is 2.44. The average Bonchev–Trinajstić information content (AvgIpc) is 3.92. The van der Waals surface area contributed by atoms with E-state index in [2.05, 4.69) is 216 Å². The number of rotatable bonds is 4. The quantitative estimate of drug-likeness (QED) is 0.131. The van der Waals surface area contributed by atoms with Crippen molar-refractivity contribution < 1.29 is 0 Å². The highest BCUT2D eigenvalue weighted by Crippen LogP contribution is 2.44. The van der Waals surface area contributed by atoms with Crippen molar-refractivity contribution in [1.82, 2.24) is 19.1 Å². The van der Waals surface area contributed by atoms with Crippen LogP contribution in [0.1, 0.15) is 0 Å². The van der Waals surface area contributed by atoms with Crippen LogP contribution in [-0.4, -0.2) is 27.2 Å². The first-order valence-electron chi connectivity index (χ1n) is 21.1. The smallest absolute Gasteiger partial charge is 0.235 e. The van der Waals surface area contributed by atoms with Crippen LogP contribution in [0.5, 0.6) is 0 Å². The zero-order valence-corrected chi connectivity index (χ0v) is 34.8. The van der Waals surface area contributed by atoms with Gasteiger partial charge in [0.1, 0.15) is 8.07 Å².